The lowest BCUT2D eigenvalue weighted by atomic mass is 10.1. The molecule has 62 valence electrons. The molecule has 2 rings (SSSR count). The number of primary sulfonamides is 1. The van der Waals surface area contributed by atoms with Gasteiger partial charge in [0, 0.05) is 0 Å². The normalized spacial score (nSPS) is 35.9. The molecule has 11 heavy (non-hydrogen) atoms. The van der Waals surface area contributed by atoms with Crippen LogP contribution >= 0.6 is 0 Å². The predicted octanol–water partition coefficient (Wildman–Crippen LogP) is 0.589. The van der Waals surface area contributed by atoms with Crippen molar-refractivity contribution in [3.8, 4) is 0 Å². The van der Waals surface area contributed by atoms with E-state index >= 15 is 0 Å². The number of allylic oxidation sites excluding steroid dienone is 2. The first-order valence-electron chi connectivity index (χ1n) is 3.82. The summed E-state index contributed by atoms with van der Waals surface area (Å²) in [4.78, 5) is 0.494. The summed E-state index contributed by atoms with van der Waals surface area (Å²) < 4.78 is 21.9. The lowest BCUT2D eigenvalue weighted by molar-refractivity contribution is 0.589. The third-order valence-corrected chi connectivity index (χ3v) is 3.73. The zero-order valence-electron chi connectivity index (χ0n) is 6.16. The molecule has 2 N–H and O–H groups in total. The van der Waals surface area contributed by atoms with Gasteiger partial charge in [-0.1, -0.05) is 6.08 Å². The van der Waals surface area contributed by atoms with E-state index in [0.29, 0.717) is 10.8 Å². The van der Waals surface area contributed by atoms with Gasteiger partial charge in [0.05, 0.1) is 4.91 Å². The van der Waals surface area contributed by atoms with Gasteiger partial charge in [0.1, 0.15) is 0 Å². The maximum atomic E-state index is 10.9. The van der Waals surface area contributed by atoms with Crippen LogP contribution in [0.1, 0.15) is 19.3 Å². The van der Waals surface area contributed by atoms with Crippen LogP contribution in [0, 0.1) is 11.8 Å². The van der Waals surface area contributed by atoms with Crippen LogP contribution in [-0.2, 0) is 10.0 Å². The first-order chi connectivity index (χ1) is 5.07. The summed E-state index contributed by atoms with van der Waals surface area (Å²) in [5, 5.41) is 5.03. The molecule has 0 heterocycles. The third-order valence-electron chi connectivity index (χ3n) is 2.60. The smallest absolute Gasteiger partial charge is 0.225 e. The Labute approximate surface area is 66.3 Å². The van der Waals surface area contributed by atoms with Crippen molar-refractivity contribution in [1.82, 2.24) is 0 Å². The maximum Gasteiger partial charge on any atom is 0.234 e. The van der Waals surface area contributed by atoms with Crippen LogP contribution in [-0.4, -0.2) is 8.42 Å². The van der Waals surface area contributed by atoms with Crippen LogP contribution < -0.4 is 5.14 Å². The van der Waals surface area contributed by atoms with Crippen molar-refractivity contribution >= 4 is 10.0 Å². The van der Waals surface area contributed by atoms with E-state index in [4.69, 9.17) is 5.14 Å². The molecular weight excluding hydrogens is 162 g/mol. The van der Waals surface area contributed by atoms with E-state index in [1.165, 1.54) is 0 Å². The third kappa shape index (κ3) is 1.10. The van der Waals surface area contributed by atoms with Crippen LogP contribution in [0.25, 0.3) is 0 Å². The van der Waals surface area contributed by atoms with E-state index in [0.717, 1.165) is 19.3 Å². The van der Waals surface area contributed by atoms with E-state index in [2.05, 4.69) is 0 Å². The minimum Gasteiger partial charge on any atom is -0.225 e. The number of nitrogens with two attached hydrogens (primary N) is 1. The van der Waals surface area contributed by atoms with Crippen LogP contribution in [0.5, 0.6) is 0 Å². The second-order valence-electron chi connectivity index (χ2n) is 3.38. The van der Waals surface area contributed by atoms with E-state index in [1.54, 1.807) is 0 Å². The van der Waals surface area contributed by atoms with E-state index in [-0.39, 0.29) is 5.92 Å². The maximum absolute atomic E-state index is 10.9. The molecule has 0 aliphatic heterocycles. The molecule has 2 aliphatic carbocycles. The lowest BCUT2D eigenvalue weighted by Gasteiger charge is -2.09. The minimum atomic E-state index is -3.37. The highest BCUT2D eigenvalue weighted by Crippen LogP contribution is 2.44. The highest BCUT2D eigenvalue weighted by Gasteiger charge is 2.37. The number of hydrogen-bond acceptors (Lipinski definition) is 2. The molecular formula is C7H11NO2S. The summed E-state index contributed by atoms with van der Waals surface area (Å²) in [6.07, 6.45) is 4.99. The fourth-order valence-electron chi connectivity index (χ4n) is 2.12. The summed E-state index contributed by atoms with van der Waals surface area (Å²) in [6, 6.07) is 0. The fraction of sp³-hybridized carbons (Fsp3) is 0.714. The second-order valence-corrected chi connectivity index (χ2v) is 4.95. The zero-order chi connectivity index (χ0) is 8.06. The van der Waals surface area contributed by atoms with Gasteiger partial charge in [0.25, 0.3) is 0 Å². The lowest BCUT2D eigenvalue weighted by Crippen LogP contribution is -2.18. The second kappa shape index (κ2) is 2.08. The molecule has 3 nitrogen and oxygen atoms in total. The molecule has 2 aliphatic rings. The molecule has 0 spiro atoms. The number of hydrogen-bond donors (Lipinski definition) is 1. The molecule has 0 radical (unpaired) electrons. The van der Waals surface area contributed by atoms with Crippen LogP contribution in [0.2, 0.25) is 0 Å². The summed E-state index contributed by atoms with van der Waals surface area (Å²) in [5.74, 6) is 0.739. The Morgan fingerprint density at radius 3 is 2.45 bits per heavy atom. The molecule has 0 amide bonds. The molecule has 2 atom stereocenters. The SMILES string of the molecule is NS(=O)(=O)C1=CC2CCC1C2. The van der Waals surface area contributed by atoms with Crippen molar-refractivity contribution in [2.24, 2.45) is 17.0 Å². The van der Waals surface area contributed by atoms with E-state index in [1.807, 2.05) is 6.08 Å². The average molecular weight is 173 g/mol. The monoisotopic (exact) mass is 173 g/mol. The Morgan fingerprint density at radius 1 is 1.45 bits per heavy atom. The molecule has 0 aromatic rings. The largest absolute Gasteiger partial charge is 0.234 e. The molecule has 2 unspecified atom stereocenters. The molecule has 1 saturated carbocycles. The summed E-state index contributed by atoms with van der Waals surface area (Å²) in [6.45, 7) is 0. The van der Waals surface area contributed by atoms with Gasteiger partial charge in [-0.05, 0) is 31.1 Å². The summed E-state index contributed by atoms with van der Waals surface area (Å²) >= 11 is 0. The Bertz CT molecular complexity index is 304. The minimum absolute atomic E-state index is 0.245. The van der Waals surface area contributed by atoms with Crippen LogP contribution in [0.3, 0.4) is 0 Å². The summed E-state index contributed by atoms with van der Waals surface area (Å²) in [5.41, 5.74) is 0. The number of sulfonamides is 1. The zero-order valence-corrected chi connectivity index (χ0v) is 6.97. The average Bonchev–Trinajstić information content (AvgIpc) is 2.42. The molecule has 4 heteroatoms. The van der Waals surface area contributed by atoms with Gasteiger partial charge in [-0.25, -0.2) is 13.6 Å². The van der Waals surface area contributed by atoms with Gasteiger partial charge in [-0.3, -0.25) is 0 Å². The van der Waals surface area contributed by atoms with Gasteiger partial charge in [0.2, 0.25) is 10.0 Å². The Morgan fingerprint density at radius 2 is 2.18 bits per heavy atom. The Kier molecular flexibility index (Phi) is 1.38. The Hall–Kier alpha value is -0.350. The number of rotatable bonds is 1. The van der Waals surface area contributed by atoms with Crippen molar-refractivity contribution in [2.75, 3.05) is 0 Å². The first-order valence-corrected chi connectivity index (χ1v) is 5.36. The highest BCUT2D eigenvalue weighted by molar-refractivity contribution is 7.93. The van der Waals surface area contributed by atoms with Crippen LogP contribution in [0.4, 0.5) is 0 Å². The van der Waals surface area contributed by atoms with E-state index in [9.17, 15) is 8.42 Å². The molecule has 1 fully saturated rings. The van der Waals surface area contributed by atoms with Crippen molar-refractivity contribution in [3.63, 3.8) is 0 Å². The molecule has 0 saturated heterocycles. The molecule has 0 aromatic heterocycles. The van der Waals surface area contributed by atoms with Gasteiger partial charge in [-0.2, -0.15) is 0 Å². The van der Waals surface area contributed by atoms with Crippen molar-refractivity contribution < 1.29 is 8.42 Å². The highest BCUT2D eigenvalue weighted by atomic mass is 32.2. The topological polar surface area (TPSA) is 60.2 Å². The standard InChI is InChI=1S/C7H11NO2S/c8-11(9,10)7-4-5-1-2-6(7)3-5/h4-6H,1-3H2,(H2,8,9,10). The first kappa shape index (κ1) is 7.31. The number of fused-ring (bicyclic) bond motifs is 2. The van der Waals surface area contributed by atoms with Gasteiger partial charge >= 0.3 is 0 Å². The molecule has 2 bridgehead atoms. The van der Waals surface area contributed by atoms with Crippen molar-refractivity contribution in [1.29, 1.82) is 0 Å². The van der Waals surface area contributed by atoms with E-state index < -0.39 is 10.0 Å². The van der Waals surface area contributed by atoms with Gasteiger partial charge in [0.15, 0.2) is 0 Å². The fourth-order valence-corrected chi connectivity index (χ4v) is 3.18. The molecule has 0 aromatic carbocycles. The summed E-state index contributed by atoms with van der Waals surface area (Å²) in [7, 11) is -3.37. The van der Waals surface area contributed by atoms with Crippen molar-refractivity contribution in [3.05, 3.63) is 11.0 Å². The van der Waals surface area contributed by atoms with Crippen molar-refractivity contribution in [2.45, 2.75) is 19.3 Å². The Balaban J connectivity index is 2.38. The predicted molar refractivity (Wildman–Crippen MR) is 42.0 cm³/mol. The quantitative estimate of drug-likeness (QED) is 0.630. The van der Waals surface area contributed by atoms with Gasteiger partial charge in [-0.15, -0.1) is 0 Å². The van der Waals surface area contributed by atoms with Crippen LogP contribution in [0.15, 0.2) is 11.0 Å². The van der Waals surface area contributed by atoms with Gasteiger partial charge < -0.3 is 0 Å².